The van der Waals surface area contributed by atoms with Crippen LogP contribution in [0.5, 0.6) is 0 Å². The molecule has 1 heterocycles. The zero-order chi connectivity index (χ0) is 13.0. The van der Waals surface area contributed by atoms with Gasteiger partial charge in [-0.25, -0.2) is 0 Å². The summed E-state index contributed by atoms with van der Waals surface area (Å²) in [6, 6.07) is 5.67. The molecule has 0 unspecified atom stereocenters. The molecule has 0 saturated carbocycles. The van der Waals surface area contributed by atoms with Crippen molar-refractivity contribution in [2.75, 3.05) is 6.54 Å². The standard InChI is InChI=1S/C12H16ClN5/c1-3-6-14-8-12-15-16-17-18(12)11-5-4-10(13)7-9(11)2/h4-5,7,14H,3,6,8H2,1-2H3. The summed E-state index contributed by atoms with van der Waals surface area (Å²) >= 11 is 5.95. The van der Waals surface area contributed by atoms with E-state index in [1.54, 1.807) is 4.68 Å². The van der Waals surface area contributed by atoms with E-state index in [0.29, 0.717) is 6.54 Å². The molecular weight excluding hydrogens is 250 g/mol. The highest BCUT2D eigenvalue weighted by molar-refractivity contribution is 6.30. The Morgan fingerprint density at radius 3 is 2.94 bits per heavy atom. The molecule has 2 aromatic rings. The van der Waals surface area contributed by atoms with Crippen LogP contribution in [0, 0.1) is 6.92 Å². The topological polar surface area (TPSA) is 55.6 Å². The number of aryl methyl sites for hydroxylation is 1. The number of rotatable bonds is 5. The second kappa shape index (κ2) is 5.93. The highest BCUT2D eigenvalue weighted by Crippen LogP contribution is 2.18. The molecule has 0 aliphatic carbocycles. The largest absolute Gasteiger partial charge is 0.310 e. The van der Waals surface area contributed by atoms with Gasteiger partial charge in [0, 0.05) is 5.02 Å². The van der Waals surface area contributed by atoms with Gasteiger partial charge in [0.1, 0.15) is 0 Å². The van der Waals surface area contributed by atoms with Crippen molar-refractivity contribution in [2.45, 2.75) is 26.8 Å². The van der Waals surface area contributed by atoms with Gasteiger partial charge >= 0.3 is 0 Å². The first-order valence-corrected chi connectivity index (χ1v) is 6.34. The molecule has 96 valence electrons. The van der Waals surface area contributed by atoms with Gasteiger partial charge in [-0.15, -0.1) is 5.10 Å². The van der Waals surface area contributed by atoms with Crippen molar-refractivity contribution < 1.29 is 0 Å². The van der Waals surface area contributed by atoms with Gasteiger partial charge in [-0.2, -0.15) is 4.68 Å². The zero-order valence-corrected chi connectivity index (χ0v) is 11.3. The maximum absolute atomic E-state index is 5.95. The van der Waals surface area contributed by atoms with E-state index in [1.807, 2.05) is 25.1 Å². The molecular formula is C12H16ClN5. The molecule has 0 amide bonds. The number of hydrogen-bond donors (Lipinski definition) is 1. The highest BCUT2D eigenvalue weighted by Gasteiger charge is 2.10. The number of hydrogen-bond acceptors (Lipinski definition) is 4. The third-order valence-corrected chi connectivity index (χ3v) is 2.87. The van der Waals surface area contributed by atoms with Crippen molar-refractivity contribution in [3.8, 4) is 5.69 Å². The lowest BCUT2D eigenvalue weighted by atomic mass is 10.2. The molecule has 1 aromatic heterocycles. The molecule has 0 aliphatic heterocycles. The molecule has 0 spiro atoms. The highest BCUT2D eigenvalue weighted by atomic mass is 35.5. The molecule has 1 aromatic carbocycles. The van der Waals surface area contributed by atoms with Crippen LogP contribution in [0.3, 0.4) is 0 Å². The monoisotopic (exact) mass is 265 g/mol. The first kappa shape index (κ1) is 13.0. The molecule has 0 bridgehead atoms. The lowest BCUT2D eigenvalue weighted by molar-refractivity contribution is 0.632. The van der Waals surface area contributed by atoms with Gasteiger partial charge in [0.15, 0.2) is 5.82 Å². The molecule has 18 heavy (non-hydrogen) atoms. The number of nitrogens with one attached hydrogen (secondary N) is 1. The number of aromatic nitrogens is 4. The Kier molecular flexibility index (Phi) is 4.28. The SMILES string of the molecule is CCCNCc1nnnn1-c1ccc(Cl)cc1C. The van der Waals surface area contributed by atoms with Crippen LogP contribution >= 0.6 is 11.6 Å². The van der Waals surface area contributed by atoms with Crippen LogP contribution in [-0.4, -0.2) is 26.8 Å². The molecule has 0 atom stereocenters. The van der Waals surface area contributed by atoms with Crippen LogP contribution in [0.2, 0.25) is 5.02 Å². The molecule has 0 fully saturated rings. The van der Waals surface area contributed by atoms with E-state index in [9.17, 15) is 0 Å². The normalized spacial score (nSPS) is 10.8. The van der Waals surface area contributed by atoms with Crippen LogP contribution < -0.4 is 5.32 Å². The first-order chi connectivity index (χ1) is 8.72. The Morgan fingerprint density at radius 1 is 1.39 bits per heavy atom. The van der Waals surface area contributed by atoms with E-state index in [2.05, 4.69) is 27.8 Å². The Balaban J connectivity index is 2.25. The van der Waals surface area contributed by atoms with E-state index >= 15 is 0 Å². The number of nitrogens with zero attached hydrogens (tertiary/aromatic N) is 4. The molecule has 0 radical (unpaired) electrons. The van der Waals surface area contributed by atoms with Crippen molar-refractivity contribution in [3.63, 3.8) is 0 Å². The van der Waals surface area contributed by atoms with Gasteiger partial charge in [-0.1, -0.05) is 18.5 Å². The van der Waals surface area contributed by atoms with E-state index in [4.69, 9.17) is 11.6 Å². The van der Waals surface area contributed by atoms with Crippen LogP contribution in [0.15, 0.2) is 18.2 Å². The van der Waals surface area contributed by atoms with Crippen molar-refractivity contribution in [2.24, 2.45) is 0 Å². The van der Waals surface area contributed by atoms with Crippen LogP contribution in [0.4, 0.5) is 0 Å². The van der Waals surface area contributed by atoms with Crippen molar-refractivity contribution in [3.05, 3.63) is 34.6 Å². The summed E-state index contributed by atoms with van der Waals surface area (Å²) in [6.07, 6.45) is 1.08. The van der Waals surface area contributed by atoms with Crippen LogP contribution in [0.25, 0.3) is 5.69 Å². The Bertz CT molecular complexity index is 523. The van der Waals surface area contributed by atoms with E-state index < -0.39 is 0 Å². The molecule has 1 N–H and O–H groups in total. The van der Waals surface area contributed by atoms with Gasteiger partial charge in [0.25, 0.3) is 0 Å². The quantitative estimate of drug-likeness (QED) is 0.842. The fourth-order valence-electron chi connectivity index (χ4n) is 1.74. The zero-order valence-electron chi connectivity index (χ0n) is 10.5. The van der Waals surface area contributed by atoms with E-state index in [0.717, 1.165) is 35.1 Å². The second-order valence-electron chi connectivity index (χ2n) is 4.11. The second-order valence-corrected chi connectivity index (χ2v) is 4.55. The van der Waals surface area contributed by atoms with Gasteiger partial charge in [-0.3, -0.25) is 0 Å². The lowest BCUT2D eigenvalue weighted by Gasteiger charge is -2.08. The molecule has 6 heteroatoms. The number of halogens is 1. The van der Waals surface area contributed by atoms with Crippen molar-refractivity contribution in [1.29, 1.82) is 0 Å². The van der Waals surface area contributed by atoms with Crippen LogP contribution in [0.1, 0.15) is 24.7 Å². The number of tetrazole rings is 1. The third-order valence-electron chi connectivity index (χ3n) is 2.63. The predicted octanol–water partition coefficient (Wildman–Crippen LogP) is 2.12. The average Bonchev–Trinajstić information content (AvgIpc) is 2.78. The summed E-state index contributed by atoms with van der Waals surface area (Å²) in [6.45, 7) is 5.72. The molecule has 0 aliphatic rings. The maximum atomic E-state index is 5.95. The summed E-state index contributed by atoms with van der Waals surface area (Å²) in [4.78, 5) is 0. The lowest BCUT2D eigenvalue weighted by Crippen LogP contribution is -2.18. The minimum absolute atomic E-state index is 0.656. The van der Waals surface area contributed by atoms with Crippen molar-refractivity contribution in [1.82, 2.24) is 25.5 Å². The van der Waals surface area contributed by atoms with Crippen molar-refractivity contribution >= 4 is 11.6 Å². The fraction of sp³-hybridized carbons (Fsp3) is 0.417. The first-order valence-electron chi connectivity index (χ1n) is 5.97. The Hall–Kier alpha value is -1.46. The van der Waals surface area contributed by atoms with E-state index in [1.165, 1.54) is 0 Å². The summed E-state index contributed by atoms with van der Waals surface area (Å²) in [7, 11) is 0. The smallest absolute Gasteiger partial charge is 0.170 e. The van der Waals surface area contributed by atoms with Gasteiger partial charge in [0.05, 0.1) is 12.2 Å². The van der Waals surface area contributed by atoms with Gasteiger partial charge in [-0.05, 0) is 54.1 Å². The number of benzene rings is 1. The summed E-state index contributed by atoms with van der Waals surface area (Å²) in [5.41, 5.74) is 2.00. The summed E-state index contributed by atoms with van der Waals surface area (Å²) in [5, 5.41) is 15.8. The maximum Gasteiger partial charge on any atom is 0.170 e. The predicted molar refractivity (Wildman–Crippen MR) is 70.9 cm³/mol. The van der Waals surface area contributed by atoms with Gasteiger partial charge in [0.2, 0.25) is 0 Å². The Morgan fingerprint density at radius 2 is 2.22 bits per heavy atom. The van der Waals surface area contributed by atoms with Crippen LogP contribution in [-0.2, 0) is 6.54 Å². The molecule has 0 saturated heterocycles. The minimum atomic E-state index is 0.656. The molecule has 5 nitrogen and oxygen atoms in total. The Labute approximate surface area is 111 Å². The third kappa shape index (κ3) is 2.86. The fourth-order valence-corrected chi connectivity index (χ4v) is 1.96. The summed E-state index contributed by atoms with van der Waals surface area (Å²) in [5.74, 6) is 0.800. The van der Waals surface area contributed by atoms with E-state index in [-0.39, 0.29) is 0 Å². The average molecular weight is 266 g/mol. The van der Waals surface area contributed by atoms with Gasteiger partial charge < -0.3 is 5.32 Å². The molecule has 2 rings (SSSR count). The summed E-state index contributed by atoms with van der Waals surface area (Å²) < 4.78 is 1.74. The minimum Gasteiger partial charge on any atom is -0.310 e.